The zero-order valence-corrected chi connectivity index (χ0v) is 18.2. The molecule has 0 aliphatic rings. The molecule has 29 heavy (non-hydrogen) atoms. The Morgan fingerprint density at radius 1 is 1.14 bits per heavy atom. The van der Waals surface area contributed by atoms with Crippen LogP contribution in [0.2, 0.25) is 10.0 Å². The molecule has 11 heteroatoms. The number of benzene rings is 2. The highest BCUT2D eigenvalue weighted by Gasteiger charge is 2.25. The molecule has 0 spiro atoms. The van der Waals surface area contributed by atoms with Crippen molar-refractivity contribution < 1.29 is 13.2 Å². The Balaban J connectivity index is 1.75. The van der Waals surface area contributed by atoms with E-state index in [9.17, 15) is 13.2 Å². The van der Waals surface area contributed by atoms with Crippen molar-refractivity contribution in [1.29, 1.82) is 0 Å². The summed E-state index contributed by atoms with van der Waals surface area (Å²) < 4.78 is 27.7. The van der Waals surface area contributed by atoms with Gasteiger partial charge in [-0.3, -0.25) is 10.1 Å². The summed E-state index contributed by atoms with van der Waals surface area (Å²) in [5.41, 5.74) is 1.03. The summed E-state index contributed by atoms with van der Waals surface area (Å²) in [7, 11) is -3.91. The van der Waals surface area contributed by atoms with Crippen LogP contribution in [0.5, 0.6) is 0 Å². The normalized spacial score (nSPS) is 12.5. The SMILES string of the molecule is CC[C@H](NS(=O)(=O)c1nnc(NC(=O)c2ccc(Cl)cc2Cl)s1)c1ccccc1. The molecule has 2 N–H and O–H groups in total. The van der Waals surface area contributed by atoms with Gasteiger partial charge in [0.15, 0.2) is 0 Å². The fraction of sp³-hybridized carbons (Fsp3) is 0.167. The van der Waals surface area contributed by atoms with Gasteiger partial charge < -0.3 is 0 Å². The molecule has 0 saturated carbocycles. The van der Waals surface area contributed by atoms with E-state index < -0.39 is 22.0 Å². The van der Waals surface area contributed by atoms with Gasteiger partial charge in [0.2, 0.25) is 9.47 Å². The van der Waals surface area contributed by atoms with Gasteiger partial charge in [-0.1, -0.05) is 71.8 Å². The van der Waals surface area contributed by atoms with Crippen LogP contribution in [0.25, 0.3) is 0 Å². The monoisotopic (exact) mass is 470 g/mol. The van der Waals surface area contributed by atoms with E-state index >= 15 is 0 Å². The first-order valence-corrected chi connectivity index (χ1v) is 11.5. The van der Waals surface area contributed by atoms with Gasteiger partial charge in [0, 0.05) is 11.1 Å². The second-order valence-electron chi connectivity index (χ2n) is 5.94. The smallest absolute Gasteiger partial charge is 0.270 e. The molecule has 152 valence electrons. The molecule has 0 unspecified atom stereocenters. The summed E-state index contributed by atoms with van der Waals surface area (Å²) >= 11 is 12.6. The van der Waals surface area contributed by atoms with Crippen LogP contribution in [0.4, 0.5) is 5.13 Å². The highest BCUT2D eigenvalue weighted by Crippen LogP contribution is 2.26. The second kappa shape index (κ2) is 9.19. The lowest BCUT2D eigenvalue weighted by atomic mass is 10.1. The molecule has 0 fully saturated rings. The number of aromatic nitrogens is 2. The van der Waals surface area contributed by atoms with Gasteiger partial charge in [-0.15, -0.1) is 10.2 Å². The number of sulfonamides is 1. The summed E-state index contributed by atoms with van der Waals surface area (Å²) in [4.78, 5) is 12.3. The first-order valence-electron chi connectivity index (χ1n) is 8.47. The summed E-state index contributed by atoms with van der Waals surface area (Å²) in [6.45, 7) is 1.88. The van der Waals surface area contributed by atoms with Crippen molar-refractivity contribution in [2.75, 3.05) is 5.32 Å². The third-order valence-electron chi connectivity index (χ3n) is 3.94. The number of nitrogens with zero attached hydrogens (tertiary/aromatic N) is 2. The Bertz CT molecular complexity index is 1120. The Labute approximate surface area is 182 Å². The minimum Gasteiger partial charge on any atom is -0.296 e. The van der Waals surface area contributed by atoms with Crippen LogP contribution in [0.3, 0.4) is 0 Å². The summed E-state index contributed by atoms with van der Waals surface area (Å²) in [5, 5.41) is 10.5. The summed E-state index contributed by atoms with van der Waals surface area (Å²) in [6.07, 6.45) is 0.556. The van der Waals surface area contributed by atoms with Crippen molar-refractivity contribution in [2.45, 2.75) is 23.7 Å². The molecule has 1 amide bonds. The van der Waals surface area contributed by atoms with Gasteiger partial charge in [-0.2, -0.15) is 0 Å². The number of anilines is 1. The molecule has 1 heterocycles. The van der Waals surface area contributed by atoms with Gasteiger partial charge in [-0.05, 0) is 30.2 Å². The predicted molar refractivity (Wildman–Crippen MR) is 114 cm³/mol. The van der Waals surface area contributed by atoms with E-state index in [1.807, 2.05) is 37.3 Å². The zero-order valence-electron chi connectivity index (χ0n) is 15.1. The van der Waals surface area contributed by atoms with Crippen LogP contribution in [0.1, 0.15) is 35.3 Å². The summed E-state index contributed by atoms with van der Waals surface area (Å²) in [6, 6.07) is 13.2. The third-order valence-corrected chi connectivity index (χ3v) is 7.17. The van der Waals surface area contributed by atoms with Crippen LogP contribution in [-0.4, -0.2) is 24.5 Å². The number of carbonyl (C=O) groups excluding carboxylic acids is 1. The van der Waals surface area contributed by atoms with E-state index in [1.54, 1.807) is 0 Å². The molecule has 2 aromatic carbocycles. The molecule has 0 bridgehead atoms. The van der Waals surface area contributed by atoms with Crippen molar-refractivity contribution in [3.8, 4) is 0 Å². The van der Waals surface area contributed by atoms with Crippen LogP contribution in [0, 0.1) is 0 Å². The van der Waals surface area contributed by atoms with E-state index in [2.05, 4.69) is 20.2 Å². The lowest BCUT2D eigenvalue weighted by Crippen LogP contribution is -2.28. The van der Waals surface area contributed by atoms with E-state index in [0.29, 0.717) is 11.4 Å². The Morgan fingerprint density at radius 3 is 2.52 bits per heavy atom. The van der Waals surface area contributed by atoms with Crippen LogP contribution in [0.15, 0.2) is 52.9 Å². The second-order valence-corrected chi connectivity index (χ2v) is 9.65. The molecule has 1 aromatic heterocycles. The number of hydrogen-bond acceptors (Lipinski definition) is 6. The molecule has 0 radical (unpaired) electrons. The molecule has 0 saturated heterocycles. The number of amides is 1. The molecule has 1 atom stereocenters. The Kier molecular flexibility index (Phi) is 6.86. The summed E-state index contributed by atoms with van der Waals surface area (Å²) in [5.74, 6) is -0.546. The topological polar surface area (TPSA) is 101 Å². The molecular weight excluding hydrogens is 455 g/mol. The van der Waals surface area contributed by atoms with Crippen molar-refractivity contribution in [3.05, 3.63) is 69.7 Å². The molecule has 3 aromatic rings. The van der Waals surface area contributed by atoms with Gasteiger partial charge >= 0.3 is 0 Å². The fourth-order valence-corrected chi connectivity index (χ4v) is 5.23. The Morgan fingerprint density at radius 2 is 1.86 bits per heavy atom. The van der Waals surface area contributed by atoms with Crippen LogP contribution in [-0.2, 0) is 10.0 Å². The van der Waals surface area contributed by atoms with Crippen molar-refractivity contribution in [2.24, 2.45) is 0 Å². The maximum Gasteiger partial charge on any atom is 0.270 e. The molecule has 3 rings (SSSR count). The fourth-order valence-electron chi connectivity index (χ4n) is 2.52. The van der Waals surface area contributed by atoms with Crippen LogP contribution < -0.4 is 10.0 Å². The van der Waals surface area contributed by atoms with E-state index in [4.69, 9.17) is 23.2 Å². The van der Waals surface area contributed by atoms with Gasteiger partial charge in [0.25, 0.3) is 15.9 Å². The Hall–Kier alpha value is -2.04. The van der Waals surface area contributed by atoms with Gasteiger partial charge in [-0.25, -0.2) is 13.1 Å². The van der Waals surface area contributed by atoms with Crippen molar-refractivity contribution in [3.63, 3.8) is 0 Å². The lowest BCUT2D eigenvalue weighted by molar-refractivity contribution is 0.102. The predicted octanol–water partition coefficient (Wildman–Crippen LogP) is 4.53. The third kappa shape index (κ3) is 5.31. The quantitative estimate of drug-likeness (QED) is 0.494. The first-order chi connectivity index (χ1) is 13.8. The molecule has 7 nitrogen and oxygen atoms in total. The largest absolute Gasteiger partial charge is 0.296 e. The highest BCUT2D eigenvalue weighted by molar-refractivity contribution is 7.91. The minimum absolute atomic E-state index is 0.0363. The lowest BCUT2D eigenvalue weighted by Gasteiger charge is -2.16. The van der Waals surface area contributed by atoms with E-state index in [1.165, 1.54) is 18.2 Å². The maximum atomic E-state index is 12.7. The number of carbonyl (C=O) groups is 1. The number of halogens is 2. The number of nitrogens with one attached hydrogen (secondary N) is 2. The van der Waals surface area contributed by atoms with E-state index in [-0.39, 0.29) is 20.1 Å². The van der Waals surface area contributed by atoms with Gasteiger partial charge in [0.1, 0.15) is 0 Å². The highest BCUT2D eigenvalue weighted by atomic mass is 35.5. The first kappa shape index (κ1) is 21.7. The average molecular weight is 471 g/mol. The van der Waals surface area contributed by atoms with Crippen LogP contribution >= 0.6 is 34.5 Å². The average Bonchev–Trinajstić information content (AvgIpc) is 3.16. The number of rotatable bonds is 7. The van der Waals surface area contributed by atoms with Gasteiger partial charge in [0.05, 0.1) is 10.6 Å². The maximum absolute atomic E-state index is 12.7. The van der Waals surface area contributed by atoms with Crippen molar-refractivity contribution >= 4 is 55.6 Å². The van der Waals surface area contributed by atoms with E-state index in [0.717, 1.165) is 16.9 Å². The zero-order chi connectivity index (χ0) is 21.0. The number of hydrogen-bond donors (Lipinski definition) is 2. The molecular formula is C18H16Cl2N4O3S2. The molecule has 0 aliphatic heterocycles. The van der Waals surface area contributed by atoms with Crippen molar-refractivity contribution in [1.82, 2.24) is 14.9 Å². The standard InChI is InChI=1S/C18H16Cl2N4O3S2/c1-2-15(11-6-4-3-5-7-11)24-29(26,27)18-23-22-17(28-18)21-16(25)13-9-8-12(19)10-14(13)20/h3-10,15,24H,2H2,1H3,(H,21,22,25)/t15-/m0/s1. The molecule has 0 aliphatic carbocycles. The minimum atomic E-state index is -3.91.